The third-order valence-corrected chi connectivity index (χ3v) is 5.70. The molecule has 10 nitrogen and oxygen atoms in total. The molecule has 0 radical (unpaired) electrons. The van der Waals surface area contributed by atoms with Gasteiger partial charge in [-0.15, -0.1) is 0 Å². The van der Waals surface area contributed by atoms with Gasteiger partial charge < -0.3 is 34.0 Å². The maximum absolute atomic E-state index is 12.8. The Bertz CT molecular complexity index is 1240. The van der Waals surface area contributed by atoms with Crippen LogP contribution >= 0.6 is 0 Å². The van der Waals surface area contributed by atoms with Crippen molar-refractivity contribution in [1.29, 1.82) is 0 Å². The normalized spacial score (nSPS) is 18.8. The van der Waals surface area contributed by atoms with Crippen LogP contribution in [0.3, 0.4) is 0 Å². The summed E-state index contributed by atoms with van der Waals surface area (Å²) in [6.07, 6.45) is 3.66. The lowest BCUT2D eigenvalue weighted by molar-refractivity contribution is -0.140. The number of hydrogen-bond acceptors (Lipinski definition) is 8. The number of esters is 2. The van der Waals surface area contributed by atoms with Crippen LogP contribution in [-0.4, -0.2) is 44.4 Å². The van der Waals surface area contributed by atoms with Gasteiger partial charge in [0.25, 0.3) is 0 Å². The van der Waals surface area contributed by atoms with E-state index in [-0.39, 0.29) is 30.6 Å². The number of nitrogens with one attached hydrogen (secondary N) is 2. The largest absolute Gasteiger partial charge is 0.496 e. The lowest BCUT2D eigenvalue weighted by Crippen LogP contribution is -2.47. The maximum Gasteiger partial charge on any atom is 0.338 e. The van der Waals surface area contributed by atoms with E-state index >= 15 is 0 Å². The highest BCUT2D eigenvalue weighted by molar-refractivity contribution is 5.95. The Morgan fingerprint density at radius 1 is 1.22 bits per heavy atom. The SMILES string of the molecule is CCOC(=O)C1=C(COC(=O)/C=C/c2cc3c(cc2OC)C[C@H](C)O3)NC(=O)N[C@H]1c1ccc(C)o1. The van der Waals surface area contributed by atoms with Crippen LogP contribution in [0.2, 0.25) is 0 Å². The standard InChI is InChI=1S/C26H28N2O8/c1-5-33-25(30)23-18(27-26(31)28-24(23)19-8-6-14(2)35-19)13-34-22(29)9-7-16-11-21-17(10-15(3)36-21)12-20(16)32-4/h6-9,11-12,15,24H,5,10,13H2,1-4H3,(H2,27,28,31)/b9-7+/t15-,24-/m0/s1. The molecule has 2 N–H and O–H groups in total. The molecule has 1 aromatic carbocycles. The summed E-state index contributed by atoms with van der Waals surface area (Å²) in [5, 5.41) is 5.19. The van der Waals surface area contributed by atoms with Gasteiger partial charge in [0.15, 0.2) is 0 Å². The minimum absolute atomic E-state index is 0.0740. The fourth-order valence-corrected chi connectivity index (χ4v) is 4.12. The number of rotatable bonds is 8. The fourth-order valence-electron chi connectivity index (χ4n) is 4.12. The van der Waals surface area contributed by atoms with Gasteiger partial charge in [0.2, 0.25) is 0 Å². The van der Waals surface area contributed by atoms with Crippen LogP contribution in [0.4, 0.5) is 4.79 Å². The van der Waals surface area contributed by atoms with Crippen molar-refractivity contribution in [3.8, 4) is 11.5 Å². The molecule has 1 aromatic heterocycles. The summed E-state index contributed by atoms with van der Waals surface area (Å²) < 4.78 is 27.4. The average molecular weight is 497 g/mol. The fraction of sp³-hybridized carbons (Fsp3) is 0.346. The van der Waals surface area contributed by atoms with Crippen LogP contribution in [0, 0.1) is 6.92 Å². The van der Waals surface area contributed by atoms with Crippen LogP contribution in [0.5, 0.6) is 11.5 Å². The predicted molar refractivity (Wildman–Crippen MR) is 128 cm³/mol. The van der Waals surface area contributed by atoms with E-state index < -0.39 is 24.0 Å². The monoisotopic (exact) mass is 496 g/mol. The maximum atomic E-state index is 12.8. The van der Waals surface area contributed by atoms with Crippen molar-refractivity contribution in [3.05, 3.63) is 64.3 Å². The minimum atomic E-state index is -0.895. The second-order valence-electron chi connectivity index (χ2n) is 8.37. The van der Waals surface area contributed by atoms with Crippen molar-refractivity contribution in [2.45, 2.75) is 39.3 Å². The first kappa shape index (κ1) is 24.9. The number of carbonyl (C=O) groups excluding carboxylic acids is 3. The molecular weight excluding hydrogens is 468 g/mol. The minimum Gasteiger partial charge on any atom is -0.496 e. The van der Waals surface area contributed by atoms with E-state index in [1.807, 2.05) is 19.1 Å². The number of aryl methyl sites for hydroxylation is 1. The summed E-state index contributed by atoms with van der Waals surface area (Å²) in [6, 6.07) is 5.61. The first-order valence-electron chi connectivity index (χ1n) is 11.6. The number of fused-ring (bicyclic) bond motifs is 1. The molecule has 2 aliphatic rings. The van der Waals surface area contributed by atoms with Crippen LogP contribution in [0.1, 0.15) is 42.5 Å². The molecule has 0 bridgehead atoms. The van der Waals surface area contributed by atoms with E-state index in [1.54, 1.807) is 39.2 Å². The van der Waals surface area contributed by atoms with Crippen molar-refractivity contribution in [2.24, 2.45) is 0 Å². The zero-order valence-corrected chi connectivity index (χ0v) is 20.5. The summed E-state index contributed by atoms with van der Waals surface area (Å²) in [6.45, 7) is 5.17. The zero-order valence-electron chi connectivity index (χ0n) is 20.5. The quantitative estimate of drug-likeness (QED) is 0.421. The summed E-state index contributed by atoms with van der Waals surface area (Å²) in [5.41, 5.74) is 1.89. The molecule has 2 atom stereocenters. The van der Waals surface area contributed by atoms with Crippen LogP contribution in [-0.2, 0) is 25.5 Å². The number of ether oxygens (including phenoxy) is 4. The van der Waals surface area contributed by atoms with Crippen molar-refractivity contribution in [2.75, 3.05) is 20.3 Å². The van der Waals surface area contributed by atoms with Gasteiger partial charge >= 0.3 is 18.0 Å². The van der Waals surface area contributed by atoms with Gasteiger partial charge in [0.1, 0.15) is 41.8 Å². The Morgan fingerprint density at radius 3 is 2.72 bits per heavy atom. The lowest BCUT2D eigenvalue weighted by Gasteiger charge is -2.27. The molecular formula is C26H28N2O8. The van der Waals surface area contributed by atoms with E-state index in [1.165, 1.54) is 6.08 Å². The second kappa shape index (κ2) is 10.6. The molecule has 0 saturated heterocycles. The number of amides is 2. The van der Waals surface area contributed by atoms with Gasteiger partial charge in [-0.25, -0.2) is 14.4 Å². The highest BCUT2D eigenvalue weighted by Crippen LogP contribution is 2.35. The van der Waals surface area contributed by atoms with Crippen molar-refractivity contribution >= 4 is 24.0 Å². The Hall–Kier alpha value is -4.21. The van der Waals surface area contributed by atoms with Gasteiger partial charge in [-0.3, -0.25) is 0 Å². The molecule has 190 valence electrons. The van der Waals surface area contributed by atoms with E-state index in [2.05, 4.69) is 10.6 Å². The number of methoxy groups -OCH3 is 1. The molecule has 2 amide bonds. The Kier molecular flexibility index (Phi) is 7.33. The predicted octanol–water partition coefficient (Wildman–Crippen LogP) is 3.35. The number of furan rings is 1. The molecule has 3 heterocycles. The molecule has 0 saturated carbocycles. The molecule has 2 aromatic rings. The topological polar surface area (TPSA) is 125 Å². The van der Waals surface area contributed by atoms with Gasteiger partial charge in [-0.1, -0.05) is 0 Å². The summed E-state index contributed by atoms with van der Waals surface area (Å²) >= 11 is 0. The number of benzene rings is 1. The molecule has 0 fully saturated rings. The molecule has 0 unspecified atom stereocenters. The first-order valence-corrected chi connectivity index (χ1v) is 11.6. The smallest absolute Gasteiger partial charge is 0.338 e. The van der Waals surface area contributed by atoms with Crippen molar-refractivity contribution < 1.29 is 37.7 Å². The number of urea groups is 1. The number of hydrogen-bond donors (Lipinski definition) is 2. The summed E-state index contributed by atoms with van der Waals surface area (Å²) in [7, 11) is 1.55. The van der Waals surface area contributed by atoms with Gasteiger partial charge in [-0.2, -0.15) is 0 Å². The lowest BCUT2D eigenvalue weighted by atomic mass is 10.0. The average Bonchev–Trinajstić information content (AvgIpc) is 3.44. The Balaban J connectivity index is 1.53. The van der Waals surface area contributed by atoms with Gasteiger partial charge in [-0.05, 0) is 51.1 Å². The molecule has 2 aliphatic heterocycles. The van der Waals surface area contributed by atoms with Crippen LogP contribution in [0.25, 0.3) is 6.08 Å². The molecule has 0 aliphatic carbocycles. The number of carbonyl (C=O) groups is 3. The molecule has 4 rings (SSSR count). The summed E-state index contributed by atoms with van der Waals surface area (Å²) in [4.78, 5) is 37.6. The first-order chi connectivity index (χ1) is 17.3. The van der Waals surface area contributed by atoms with E-state index in [4.69, 9.17) is 23.4 Å². The Morgan fingerprint density at radius 2 is 2.03 bits per heavy atom. The van der Waals surface area contributed by atoms with Crippen molar-refractivity contribution in [3.63, 3.8) is 0 Å². The zero-order chi connectivity index (χ0) is 25.8. The van der Waals surface area contributed by atoms with E-state index in [9.17, 15) is 14.4 Å². The van der Waals surface area contributed by atoms with E-state index in [0.717, 1.165) is 17.7 Å². The molecule has 0 spiro atoms. The molecule has 36 heavy (non-hydrogen) atoms. The van der Waals surface area contributed by atoms with E-state index in [0.29, 0.717) is 22.8 Å². The van der Waals surface area contributed by atoms with Crippen LogP contribution in [0.15, 0.2) is 46.0 Å². The third-order valence-electron chi connectivity index (χ3n) is 5.70. The highest BCUT2D eigenvalue weighted by Gasteiger charge is 2.36. The molecule has 10 heteroatoms. The highest BCUT2D eigenvalue weighted by atomic mass is 16.5. The van der Waals surface area contributed by atoms with Crippen LogP contribution < -0.4 is 20.1 Å². The van der Waals surface area contributed by atoms with Crippen molar-refractivity contribution in [1.82, 2.24) is 10.6 Å². The van der Waals surface area contributed by atoms with Gasteiger partial charge in [0.05, 0.1) is 25.0 Å². The summed E-state index contributed by atoms with van der Waals surface area (Å²) in [5.74, 6) is 0.973. The van der Waals surface area contributed by atoms with Gasteiger partial charge in [0, 0.05) is 23.6 Å². The Labute approximate surface area is 208 Å². The second-order valence-corrected chi connectivity index (χ2v) is 8.37. The third kappa shape index (κ3) is 5.37.